The van der Waals surface area contributed by atoms with Gasteiger partial charge in [-0.1, -0.05) is 0 Å². The summed E-state index contributed by atoms with van der Waals surface area (Å²) in [4.78, 5) is 18.3. The fourth-order valence-corrected chi connectivity index (χ4v) is 1.08. The topological polar surface area (TPSA) is 65.9 Å². The number of carboxylic acids is 1. The minimum atomic E-state index is -1.22. The standard InChI is InChI=1S/C9H6N2O2/c12-9(13)7-3-6-4-10-2-1-8(6)11-5-7/h1-5H,(H,12,13)/p-1. The number of hydrogen-bond acceptors (Lipinski definition) is 4. The summed E-state index contributed by atoms with van der Waals surface area (Å²) in [7, 11) is 0. The molecule has 2 aromatic heterocycles. The van der Waals surface area contributed by atoms with Crippen molar-refractivity contribution in [3.63, 3.8) is 0 Å². The molecule has 13 heavy (non-hydrogen) atoms. The van der Waals surface area contributed by atoms with Crippen LogP contribution >= 0.6 is 0 Å². The van der Waals surface area contributed by atoms with Crippen LogP contribution in [0.4, 0.5) is 0 Å². The van der Waals surface area contributed by atoms with Gasteiger partial charge in [0.15, 0.2) is 0 Å². The van der Waals surface area contributed by atoms with Crippen molar-refractivity contribution in [2.45, 2.75) is 0 Å². The van der Waals surface area contributed by atoms with Crippen molar-refractivity contribution in [1.29, 1.82) is 0 Å². The van der Waals surface area contributed by atoms with E-state index in [4.69, 9.17) is 0 Å². The molecule has 0 unspecified atom stereocenters. The molecule has 4 heteroatoms. The van der Waals surface area contributed by atoms with Crippen LogP contribution in [0.15, 0.2) is 30.7 Å². The van der Waals surface area contributed by atoms with Crippen LogP contribution in [-0.4, -0.2) is 15.9 Å². The van der Waals surface area contributed by atoms with Crippen LogP contribution in [0, 0.1) is 0 Å². The lowest BCUT2D eigenvalue weighted by molar-refractivity contribution is -0.255. The highest BCUT2D eigenvalue weighted by Gasteiger charge is 1.97. The Hall–Kier alpha value is -1.97. The third-order valence-electron chi connectivity index (χ3n) is 1.72. The number of hydrogen-bond donors (Lipinski definition) is 0. The summed E-state index contributed by atoms with van der Waals surface area (Å²) in [5, 5.41) is 11.2. The highest BCUT2D eigenvalue weighted by molar-refractivity contribution is 5.90. The number of rotatable bonds is 1. The Balaban J connectivity index is 2.69. The third-order valence-corrected chi connectivity index (χ3v) is 1.72. The van der Waals surface area contributed by atoms with Gasteiger partial charge in [-0.15, -0.1) is 0 Å². The fraction of sp³-hybridized carbons (Fsp3) is 0. The van der Waals surface area contributed by atoms with E-state index in [-0.39, 0.29) is 5.56 Å². The molecule has 0 spiro atoms. The van der Waals surface area contributed by atoms with Crippen molar-refractivity contribution in [3.8, 4) is 0 Å². The average Bonchev–Trinajstić information content (AvgIpc) is 2.17. The zero-order valence-corrected chi connectivity index (χ0v) is 6.60. The van der Waals surface area contributed by atoms with Gasteiger partial charge in [0.25, 0.3) is 0 Å². The second-order valence-corrected chi connectivity index (χ2v) is 2.58. The summed E-state index contributed by atoms with van der Waals surface area (Å²) < 4.78 is 0. The summed E-state index contributed by atoms with van der Waals surface area (Å²) in [5.41, 5.74) is 0.792. The number of nitrogens with zero attached hydrogens (tertiary/aromatic N) is 2. The monoisotopic (exact) mass is 173 g/mol. The SMILES string of the molecule is O=C([O-])c1cnc2ccncc2c1. The van der Waals surface area contributed by atoms with E-state index in [0.29, 0.717) is 5.39 Å². The van der Waals surface area contributed by atoms with Gasteiger partial charge < -0.3 is 9.90 Å². The summed E-state index contributed by atoms with van der Waals surface area (Å²) in [5.74, 6) is -1.22. The van der Waals surface area contributed by atoms with Crippen LogP contribution in [-0.2, 0) is 0 Å². The molecule has 0 fully saturated rings. The summed E-state index contributed by atoms with van der Waals surface area (Å²) in [6, 6.07) is 3.21. The van der Waals surface area contributed by atoms with Crippen molar-refractivity contribution >= 4 is 16.9 Å². The van der Waals surface area contributed by atoms with Gasteiger partial charge in [0.1, 0.15) is 0 Å². The van der Waals surface area contributed by atoms with Crippen LogP contribution in [0.5, 0.6) is 0 Å². The van der Waals surface area contributed by atoms with Crippen LogP contribution in [0.1, 0.15) is 10.4 Å². The number of fused-ring (bicyclic) bond motifs is 1. The number of carboxylic acid groups (broad SMARTS) is 1. The highest BCUT2D eigenvalue weighted by atomic mass is 16.4. The summed E-state index contributed by atoms with van der Waals surface area (Å²) in [6.45, 7) is 0. The van der Waals surface area contributed by atoms with E-state index in [2.05, 4.69) is 9.97 Å². The van der Waals surface area contributed by atoms with Gasteiger partial charge in [-0.2, -0.15) is 0 Å². The largest absolute Gasteiger partial charge is 0.545 e. The first-order valence-corrected chi connectivity index (χ1v) is 3.68. The maximum atomic E-state index is 10.5. The molecule has 0 aliphatic rings. The van der Waals surface area contributed by atoms with E-state index in [1.54, 1.807) is 18.5 Å². The predicted molar refractivity (Wildman–Crippen MR) is 43.9 cm³/mol. The lowest BCUT2D eigenvalue weighted by Crippen LogP contribution is -2.22. The van der Waals surface area contributed by atoms with Crippen molar-refractivity contribution in [1.82, 2.24) is 9.97 Å². The Labute approximate surface area is 73.9 Å². The molecule has 2 heterocycles. The van der Waals surface area contributed by atoms with E-state index < -0.39 is 5.97 Å². The molecule has 0 saturated carbocycles. The molecule has 0 aliphatic carbocycles. The molecule has 0 amide bonds. The highest BCUT2D eigenvalue weighted by Crippen LogP contribution is 2.10. The number of carbonyl (C=O) groups is 1. The molecule has 0 N–H and O–H groups in total. The first kappa shape index (κ1) is 7.67. The van der Waals surface area contributed by atoms with Gasteiger partial charge in [0.05, 0.1) is 11.5 Å². The minimum Gasteiger partial charge on any atom is -0.545 e. The van der Waals surface area contributed by atoms with Crippen LogP contribution in [0.2, 0.25) is 0 Å². The molecule has 4 nitrogen and oxygen atoms in total. The molecule has 2 rings (SSSR count). The second kappa shape index (κ2) is 2.82. The van der Waals surface area contributed by atoms with Gasteiger partial charge >= 0.3 is 0 Å². The Bertz CT molecular complexity index is 468. The lowest BCUT2D eigenvalue weighted by atomic mass is 10.2. The zero-order chi connectivity index (χ0) is 9.26. The van der Waals surface area contributed by atoms with Gasteiger partial charge in [-0.25, -0.2) is 0 Å². The third kappa shape index (κ3) is 1.33. The fourth-order valence-electron chi connectivity index (χ4n) is 1.08. The molecule has 0 radical (unpaired) electrons. The Morgan fingerprint density at radius 1 is 1.38 bits per heavy atom. The summed E-state index contributed by atoms with van der Waals surface area (Å²) in [6.07, 6.45) is 4.44. The first-order chi connectivity index (χ1) is 6.27. The maximum absolute atomic E-state index is 10.5. The van der Waals surface area contributed by atoms with E-state index in [9.17, 15) is 9.90 Å². The molecule has 0 saturated heterocycles. The molecule has 0 aliphatic heterocycles. The van der Waals surface area contributed by atoms with E-state index >= 15 is 0 Å². The second-order valence-electron chi connectivity index (χ2n) is 2.58. The Kier molecular flexibility index (Phi) is 1.66. The first-order valence-electron chi connectivity index (χ1n) is 3.68. The van der Waals surface area contributed by atoms with Crippen molar-refractivity contribution < 1.29 is 9.90 Å². The predicted octanol–water partition coefficient (Wildman–Crippen LogP) is -0.00670. The Morgan fingerprint density at radius 3 is 3.00 bits per heavy atom. The maximum Gasteiger partial charge on any atom is 0.0733 e. The van der Waals surface area contributed by atoms with Crippen LogP contribution in [0.25, 0.3) is 10.9 Å². The number of aromatic nitrogens is 2. The molecule has 0 bridgehead atoms. The minimum absolute atomic E-state index is 0.0699. The summed E-state index contributed by atoms with van der Waals surface area (Å²) >= 11 is 0. The van der Waals surface area contributed by atoms with Gasteiger partial charge in [-0.3, -0.25) is 9.97 Å². The van der Waals surface area contributed by atoms with Gasteiger partial charge in [0, 0.05) is 29.5 Å². The van der Waals surface area contributed by atoms with Gasteiger partial charge in [-0.05, 0) is 12.1 Å². The van der Waals surface area contributed by atoms with Gasteiger partial charge in [0.2, 0.25) is 0 Å². The Morgan fingerprint density at radius 2 is 2.23 bits per heavy atom. The molecular formula is C9H5N2O2-. The average molecular weight is 173 g/mol. The van der Waals surface area contributed by atoms with Crippen LogP contribution < -0.4 is 5.11 Å². The normalized spacial score (nSPS) is 10.2. The van der Waals surface area contributed by atoms with E-state index in [1.807, 2.05) is 0 Å². The van der Waals surface area contributed by atoms with Crippen molar-refractivity contribution in [2.75, 3.05) is 0 Å². The molecule has 0 aromatic carbocycles. The molecule has 64 valence electrons. The molecule has 2 aromatic rings. The number of carbonyl (C=O) groups excluding carboxylic acids is 1. The van der Waals surface area contributed by atoms with Crippen molar-refractivity contribution in [2.24, 2.45) is 0 Å². The zero-order valence-electron chi connectivity index (χ0n) is 6.60. The molecule has 0 atom stereocenters. The van der Waals surface area contributed by atoms with E-state index in [0.717, 1.165) is 5.52 Å². The quantitative estimate of drug-likeness (QED) is 0.608. The molecular weight excluding hydrogens is 168 g/mol. The number of pyridine rings is 2. The number of aromatic carboxylic acids is 1. The lowest BCUT2D eigenvalue weighted by Gasteiger charge is -2.02. The van der Waals surface area contributed by atoms with E-state index in [1.165, 1.54) is 12.3 Å². The van der Waals surface area contributed by atoms with Crippen molar-refractivity contribution in [3.05, 3.63) is 36.3 Å². The van der Waals surface area contributed by atoms with Crippen LogP contribution in [0.3, 0.4) is 0 Å². The smallest absolute Gasteiger partial charge is 0.0733 e.